The molecular formula is C45H38N2. The second-order valence-electron chi connectivity index (χ2n) is 14.4. The molecule has 2 heterocycles. The smallest absolute Gasteiger partial charge is 0.0541 e. The maximum Gasteiger partial charge on any atom is 0.0541 e. The monoisotopic (exact) mass is 606 g/mol. The second kappa shape index (κ2) is 9.96. The zero-order chi connectivity index (χ0) is 31.3. The van der Waals surface area contributed by atoms with Crippen LogP contribution in [0.25, 0.3) is 44.2 Å². The fraction of sp³-hybridized carbons (Fsp3) is 0.200. The Labute approximate surface area is 277 Å². The molecule has 47 heavy (non-hydrogen) atoms. The molecule has 228 valence electrons. The van der Waals surface area contributed by atoms with Gasteiger partial charge in [-0.05, 0) is 119 Å². The molecule has 0 amide bonds. The molecule has 6 aromatic rings. The number of nitrogens with zero attached hydrogens (tertiary/aromatic N) is 2. The lowest BCUT2D eigenvalue weighted by Crippen LogP contribution is -2.31. The van der Waals surface area contributed by atoms with E-state index in [1.54, 1.807) is 5.57 Å². The molecule has 0 fully saturated rings. The van der Waals surface area contributed by atoms with Gasteiger partial charge >= 0.3 is 0 Å². The van der Waals surface area contributed by atoms with Crippen LogP contribution in [-0.4, -0.2) is 10.6 Å². The van der Waals surface area contributed by atoms with Gasteiger partial charge in [-0.3, -0.25) is 0 Å². The number of fused-ring (bicyclic) bond motifs is 8. The van der Waals surface area contributed by atoms with Gasteiger partial charge in [-0.25, -0.2) is 0 Å². The Morgan fingerprint density at radius 1 is 0.681 bits per heavy atom. The first-order valence-corrected chi connectivity index (χ1v) is 17.3. The van der Waals surface area contributed by atoms with Crippen molar-refractivity contribution < 1.29 is 0 Å². The molecule has 4 aliphatic rings. The van der Waals surface area contributed by atoms with E-state index in [0.29, 0.717) is 12.0 Å². The predicted octanol–water partition coefficient (Wildman–Crippen LogP) is 11.8. The molecule has 5 aromatic carbocycles. The first-order chi connectivity index (χ1) is 23.1. The lowest BCUT2D eigenvalue weighted by Gasteiger charge is -2.32. The fourth-order valence-electron chi connectivity index (χ4n) is 9.29. The Balaban J connectivity index is 1.09. The van der Waals surface area contributed by atoms with Crippen LogP contribution in [0.5, 0.6) is 0 Å². The van der Waals surface area contributed by atoms with Gasteiger partial charge in [0.25, 0.3) is 0 Å². The van der Waals surface area contributed by atoms with Crippen LogP contribution in [0.1, 0.15) is 62.1 Å². The van der Waals surface area contributed by atoms with Gasteiger partial charge in [0, 0.05) is 45.2 Å². The molecule has 0 N–H and O–H groups in total. The molecular weight excluding hydrogens is 569 g/mol. The summed E-state index contributed by atoms with van der Waals surface area (Å²) in [6.45, 7) is 4.83. The van der Waals surface area contributed by atoms with Gasteiger partial charge in [0.1, 0.15) is 0 Å². The summed E-state index contributed by atoms with van der Waals surface area (Å²) in [7, 11) is 0. The van der Waals surface area contributed by atoms with E-state index in [-0.39, 0.29) is 5.41 Å². The van der Waals surface area contributed by atoms with Crippen LogP contribution in [-0.2, 0) is 5.41 Å². The Bertz CT molecular complexity index is 2350. The number of allylic oxidation sites excluding steroid dienone is 5. The number of hydrogen-bond acceptors (Lipinski definition) is 1. The van der Waals surface area contributed by atoms with Crippen molar-refractivity contribution in [3.05, 3.63) is 156 Å². The van der Waals surface area contributed by atoms with E-state index in [9.17, 15) is 0 Å². The second-order valence-corrected chi connectivity index (χ2v) is 14.4. The zero-order valence-corrected chi connectivity index (χ0v) is 27.1. The highest BCUT2D eigenvalue weighted by atomic mass is 15.2. The van der Waals surface area contributed by atoms with Crippen molar-refractivity contribution in [3.8, 4) is 16.8 Å². The zero-order valence-electron chi connectivity index (χ0n) is 27.1. The summed E-state index contributed by atoms with van der Waals surface area (Å²) >= 11 is 0. The van der Waals surface area contributed by atoms with E-state index in [2.05, 4.69) is 157 Å². The molecule has 0 radical (unpaired) electrons. The largest absolute Gasteiger partial charge is 0.337 e. The van der Waals surface area contributed by atoms with Gasteiger partial charge in [0.05, 0.1) is 11.0 Å². The summed E-state index contributed by atoms with van der Waals surface area (Å²) in [5.74, 6) is 0.401. The van der Waals surface area contributed by atoms with Crippen LogP contribution in [0.3, 0.4) is 0 Å². The minimum Gasteiger partial charge on any atom is -0.337 e. The molecule has 0 bridgehead atoms. The molecule has 2 atom stereocenters. The van der Waals surface area contributed by atoms with Crippen LogP contribution in [0.2, 0.25) is 0 Å². The fourth-order valence-corrected chi connectivity index (χ4v) is 9.29. The van der Waals surface area contributed by atoms with Gasteiger partial charge in [0.2, 0.25) is 0 Å². The van der Waals surface area contributed by atoms with Crippen LogP contribution in [0.15, 0.2) is 139 Å². The van der Waals surface area contributed by atoms with Crippen molar-refractivity contribution in [2.75, 3.05) is 4.90 Å². The Hall–Kier alpha value is -5.08. The first kappa shape index (κ1) is 27.1. The quantitative estimate of drug-likeness (QED) is 0.182. The molecule has 1 aromatic heterocycles. The van der Waals surface area contributed by atoms with Crippen molar-refractivity contribution in [2.45, 2.75) is 56.9 Å². The van der Waals surface area contributed by atoms with Crippen LogP contribution >= 0.6 is 0 Å². The Kier molecular flexibility index (Phi) is 5.74. The highest BCUT2D eigenvalue weighted by Gasteiger charge is 2.41. The summed E-state index contributed by atoms with van der Waals surface area (Å²) in [6, 6.07) is 41.6. The maximum atomic E-state index is 2.67. The molecule has 1 aliphatic heterocycles. The number of anilines is 2. The Morgan fingerprint density at radius 2 is 1.49 bits per heavy atom. The average molecular weight is 607 g/mol. The molecule has 3 aliphatic carbocycles. The standard InChI is InChI=1S/C45H38N2/c1-45(2)39-17-9-6-14-33(39)34-23-22-32(28-40(34)45)47-42-19-11-8-16-36(42)38-27-30(21-25-44(38)47)29-20-24-43-37(26-29)35-15-7-10-18-41(35)46(43)31-12-4-3-5-13-31/h3-5,7-10,12-13,15-18,20-28,36,42H,6,11,14,19H2,1-2H3. The number of rotatable bonds is 3. The Morgan fingerprint density at radius 3 is 2.40 bits per heavy atom. The number of benzene rings is 5. The minimum atomic E-state index is 0.0398. The SMILES string of the molecule is CC1(C)C2=C(CCC=C2)c2ccc(N3c4ccc(-c5ccc6c(c5)c5ccccc5n6-c5ccccc5)cc4C4C=CCCC43)cc21. The molecule has 0 spiro atoms. The lowest BCUT2D eigenvalue weighted by atomic mass is 9.80. The van der Waals surface area contributed by atoms with Crippen molar-refractivity contribution in [3.63, 3.8) is 0 Å². The van der Waals surface area contributed by atoms with Crippen molar-refractivity contribution in [1.29, 1.82) is 0 Å². The van der Waals surface area contributed by atoms with Gasteiger partial charge < -0.3 is 9.47 Å². The van der Waals surface area contributed by atoms with E-state index >= 15 is 0 Å². The van der Waals surface area contributed by atoms with Gasteiger partial charge in [-0.1, -0.05) is 92.7 Å². The molecule has 0 saturated heterocycles. The summed E-state index contributed by atoms with van der Waals surface area (Å²) in [6.07, 6.45) is 14.3. The van der Waals surface area contributed by atoms with Crippen molar-refractivity contribution in [1.82, 2.24) is 4.57 Å². The van der Waals surface area contributed by atoms with E-state index < -0.39 is 0 Å². The van der Waals surface area contributed by atoms with Crippen molar-refractivity contribution >= 4 is 38.8 Å². The van der Waals surface area contributed by atoms with Crippen LogP contribution in [0, 0.1) is 0 Å². The molecule has 10 rings (SSSR count). The first-order valence-electron chi connectivity index (χ1n) is 17.3. The van der Waals surface area contributed by atoms with E-state index in [1.807, 2.05) is 0 Å². The lowest BCUT2D eigenvalue weighted by molar-refractivity contribution is 0.565. The van der Waals surface area contributed by atoms with Crippen LogP contribution in [0.4, 0.5) is 11.4 Å². The van der Waals surface area contributed by atoms with E-state index in [1.165, 1.54) is 78.7 Å². The normalized spacial score (nSPS) is 20.5. The third-order valence-corrected chi connectivity index (χ3v) is 11.5. The highest BCUT2D eigenvalue weighted by molar-refractivity contribution is 6.10. The van der Waals surface area contributed by atoms with Crippen molar-refractivity contribution in [2.24, 2.45) is 0 Å². The van der Waals surface area contributed by atoms with Gasteiger partial charge in [0.15, 0.2) is 0 Å². The third-order valence-electron chi connectivity index (χ3n) is 11.5. The molecule has 0 saturated carbocycles. The number of aromatic nitrogens is 1. The van der Waals surface area contributed by atoms with Gasteiger partial charge in [-0.2, -0.15) is 0 Å². The molecule has 2 unspecified atom stereocenters. The van der Waals surface area contributed by atoms with Gasteiger partial charge in [-0.15, -0.1) is 0 Å². The molecule has 2 heteroatoms. The maximum absolute atomic E-state index is 2.67. The van der Waals surface area contributed by atoms with E-state index in [0.717, 1.165) is 19.3 Å². The summed E-state index contributed by atoms with van der Waals surface area (Å²) in [5, 5.41) is 2.59. The average Bonchev–Trinajstić information content (AvgIpc) is 3.71. The third kappa shape index (κ3) is 3.85. The van der Waals surface area contributed by atoms with Crippen LogP contribution < -0.4 is 4.90 Å². The summed E-state index contributed by atoms with van der Waals surface area (Å²) in [5.41, 5.74) is 16.5. The number of para-hydroxylation sites is 2. The summed E-state index contributed by atoms with van der Waals surface area (Å²) < 4.78 is 2.40. The minimum absolute atomic E-state index is 0.0398. The van der Waals surface area contributed by atoms with E-state index in [4.69, 9.17) is 0 Å². The molecule has 2 nitrogen and oxygen atoms in total. The number of hydrogen-bond donors (Lipinski definition) is 0. The predicted molar refractivity (Wildman–Crippen MR) is 198 cm³/mol. The topological polar surface area (TPSA) is 8.17 Å². The highest BCUT2D eigenvalue weighted by Crippen LogP contribution is 2.54. The summed E-state index contributed by atoms with van der Waals surface area (Å²) in [4.78, 5) is 2.67.